The lowest BCUT2D eigenvalue weighted by Crippen LogP contribution is -2.11. The van der Waals surface area contributed by atoms with E-state index in [0.717, 1.165) is 10.5 Å². The van der Waals surface area contributed by atoms with E-state index >= 15 is 0 Å². The Labute approximate surface area is 141 Å². The van der Waals surface area contributed by atoms with Gasteiger partial charge in [0.25, 0.3) is 0 Å². The molecule has 2 aromatic heterocycles. The van der Waals surface area contributed by atoms with Crippen molar-refractivity contribution in [3.8, 4) is 22.8 Å². The van der Waals surface area contributed by atoms with Crippen molar-refractivity contribution >= 4 is 28.8 Å². The van der Waals surface area contributed by atoms with Crippen molar-refractivity contribution in [2.24, 2.45) is 12.0 Å². The van der Waals surface area contributed by atoms with E-state index in [-0.39, 0.29) is 11.5 Å². The van der Waals surface area contributed by atoms with Gasteiger partial charge in [0.2, 0.25) is 0 Å². The molecule has 0 atom stereocenters. The van der Waals surface area contributed by atoms with Crippen LogP contribution in [0.1, 0.15) is 5.56 Å². The summed E-state index contributed by atoms with van der Waals surface area (Å²) in [6.45, 7) is 1.67. The molecule has 2 heterocycles. The van der Waals surface area contributed by atoms with Gasteiger partial charge in [-0.15, -0.1) is 11.3 Å². The zero-order valence-corrected chi connectivity index (χ0v) is 14.1. The predicted octanol–water partition coefficient (Wildman–Crippen LogP) is 3.75. The van der Waals surface area contributed by atoms with Gasteiger partial charge < -0.3 is 14.8 Å². The summed E-state index contributed by atoms with van der Waals surface area (Å²) in [5, 5.41) is 22.4. The van der Waals surface area contributed by atoms with Crippen LogP contribution in [0.15, 0.2) is 40.8 Å². The minimum Gasteiger partial charge on any atom is -0.508 e. The molecule has 0 unspecified atom stereocenters. The first-order valence-corrected chi connectivity index (χ1v) is 8.06. The molecule has 0 saturated carbocycles. The normalized spacial score (nSPS) is 11.9. The van der Waals surface area contributed by atoms with Crippen LogP contribution in [0, 0.1) is 6.92 Å². The molecule has 3 aromatic rings. The highest BCUT2D eigenvalue weighted by atomic mass is 35.5. The lowest BCUT2D eigenvalue weighted by molar-refractivity contribution is 0.444. The van der Waals surface area contributed by atoms with Crippen LogP contribution in [-0.2, 0) is 7.05 Å². The fourth-order valence-electron chi connectivity index (χ4n) is 2.14. The molecule has 5 nitrogen and oxygen atoms in total. The van der Waals surface area contributed by atoms with E-state index in [1.54, 1.807) is 37.4 Å². The summed E-state index contributed by atoms with van der Waals surface area (Å²) < 4.78 is 1.87. The number of aromatic hydroxyl groups is 2. The van der Waals surface area contributed by atoms with Gasteiger partial charge in [-0.3, -0.25) is 0 Å². The van der Waals surface area contributed by atoms with Crippen LogP contribution in [0.3, 0.4) is 0 Å². The maximum atomic E-state index is 10.3. The van der Waals surface area contributed by atoms with Crippen molar-refractivity contribution in [3.63, 3.8) is 0 Å². The SMILES string of the molecule is Cc1c(O)ccc(-c2csc(=Nc3ccc(Cl)cn3)n2C)c1O. The number of thiazole rings is 1. The van der Waals surface area contributed by atoms with Gasteiger partial charge in [-0.2, -0.15) is 0 Å². The number of aromatic nitrogens is 2. The molecule has 0 spiro atoms. The van der Waals surface area contributed by atoms with Crippen molar-refractivity contribution in [3.05, 3.63) is 51.2 Å². The minimum atomic E-state index is 0.0644. The fourth-order valence-corrected chi connectivity index (χ4v) is 3.16. The van der Waals surface area contributed by atoms with Gasteiger partial charge in [-0.05, 0) is 31.2 Å². The summed E-state index contributed by atoms with van der Waals surface area (Å²) in [6.07, 6.45) is 1.55. The van der Waals surface area contributed by atoms with Crippen LogP contribution in [0.25, 0.3) is 11.3 Å². The largest absolute Gasteiger partial charge is 0.508 e. The Hall–Kier alpha value is -2.31. The first-order valence-electron chi connectivity index (χ1n) is 6.80. The average molecular weight is 348 g/mol. The predicted molar refractivity (Wildman–Crippen MR) is 91.3 cm³/mol. The Balaban J connectivity index is 2.10. The molecule has 118 valence electrons. The standard InChI is InChI=1S/C16H14ClN3O2S/c1-9-13(21)5-4-11(15(9)22)12-8-23-16(20(12)2)19-14-6-3-10(17)7-18-14/h3-8,21-22H,1-2H3. The van der Waals surface area contributed by atoms with E-state index in [1.165, 1.54) is 11.3 Å². The highest BCUT2D eigenvalue weighted by Gasteiger charge is 2.13. The second-order valence-electron chi connectivity index (χ2n) is 5.01. The van der Waals surface area contributed by atoms with Crippen molar-refractivity contribution in [1.82, 2.24) is 9.55 Å². The van der Waals surface area contributed by atoms with E-state index in [9.17, 15) is 10.2 Å². The summed E-state index contributed by atoms with van der Waals surface area (Å²) in [5.41, 5.74) is 1.90. The van der Waals surface area contributed by atoms with Gasteiger partial charge in [-0.25, -0.2) is 9.98 Å². The Bertz CT molecular complexity index is 929. The molecule has 1 aromatic carbocycles. The highest BCUT2D eigenvalue weighted by molar-refractivity contribution is 7.07. The summed E-state index contributed by atoms with van der Waals surface area (Å²) in [7, 11) is 1.86. The maximum absolute atomic E-state index is 10.3. The number of phenols is 2. The number of halogens is 1. The fraction of sp³-hybridized carbons (Fsp3) is 0.125. The van der Waals surface area contributed by atoms with Crippen LogP contribution in [0.2, 0.25) is 5.02 Å². The Morgan fingerprint density at radius 2 is 2.00 bits per heavy atom. The number of benzene rings is 1. The lowest BCUT2D eigenvalue weighted by Gasteiger charge is -2.09. The second-order valence-corrected chi connectivity index (χ2v) is 6.29. The number of nitrogens with zero attached hydrogens (tertiary/aromatic N) is 3. The van der Waals surface area contributed by atoms with Crippen LogP contribution in [0.4, 0.5) is 5.82 Å². The summed E-state index contributed by atoms with van der Waals surface area (Å²) in [5.74, 6) is 0.693. The van der Waals surface area contributed by atoms with Gasteiger partial charge in [0.1, 0.15) is 11.5 Å². The van der Waals surface area contributed by atoms with E-state index in [1.807, 2.05) is 17.0 Å². The molecule has 0 aliphatic rings. The molecule has 0 bridgehead atoms. The van der Waals surface area contributed by atoms with Gasteiger partial charge in [0.15, 0.2) is 10.6 Å². The Morgan fingerprint density at radius 3 is 2.70 bits per heavy atom. The van der Waals surface area contributed by atoms with Gasteiger partial charge in [0.05, 0.1) is 10.7 Å². The first-order chi connectivity index (χ1) is 11.0. The molecule has 0 aliphatic heterocycles. The van der Waals surface area contributed by atoms with E-state index in [0.29, 0.717) is 22.0 Å². The van der Waals surface area contributed by atoms with Crippen LogP contribution >= 0.6 is 22.9 Å². The van der Waals surface area contributed by atoms with Crippen molar-refractivity contribution in [2.75, 3.05) is 0 Å². The van der Waals surface area contributed by atoms with Crippen molar-refractivity contribution in [1.29, 1.82) is 0 Å². The number of phenolic OH excluding ortho intramolecular Hbond substituents is 2. The maximum Gasteiger partial charge on any atom is 0.191 e. The van der Waals surface area contributed by atoms with E-state index in [2.05, 4.69) is 9.98 Å². The molecular weight excluding hydrogens is 334 g/mol. The smallest absolute Gasteiger partial charge is 0.191 e. The minimum absolute atomic E-state index is 0.0644. The molecule has 23 heavy (non-hydrogen) atoms. The van der Waals surface area contributed by atoms with Crippen LogP contribution < -0.4 is 4.80 Å². The Morgan fingerprint density at radius 1 is 1.22 bits per heavy atom. The topological polar surface area (TPSA) is 70.6 Å². The van der Waals surface area contributed by atoms with Crippen LogP contribution in [0.5, 0.6) is 11.5 Å². The zero-order chi connectivity index (χ0) is 16.6. The third kappa shape index (κ3) is 2.95. The zero-order valence-electron chi connectivity index (χ0n) is 12.5. The molecule has 0 aliphatic carbocycles. The summed E-state index contributed by atoms with van der Waals surface area (Å²) in [6, 6.07) is 6.73. The monoisotopic (exact) mass is 347 g/mol. The first kappa shape index (κ1) is 15.6. The van der Waals surface area contributed by atoms with Crippen LogP contribution in [-0.4, -0.2) is 19.8 Å². The lowest BCUT2D eigenvalue weighted by atomic mass is 10.1. The number of rotatable bonds is 2. The van der Waals surface area contributed by atoms with E-state index in [4.69, 9.17) is 11.6 Å². The van der Waals surface area contributed by atoms with Gasteiger partial charge in [0, 0.05) is 29.8 Å². The van der Waals surface area contributed by atoms with E-state index < -0.39 is 0 Å². The number of hydrogen-bond donors (Lipinski definition) is 2. The third-order valence-electron chi connectivity index (χ3n) is 3.52. The van der Waals surface area contributed by atoms with Crippen molar-refractivity contribution in [2.45, 2.75) is 6.92 Å². The quantitative estimate of drug-likeness (QED) is 0.741. The number of hydrogen-bond acceptors (Lipinski definition) is 5. The molecule has 0 saturated heterocycles. The second kappa shape index (κ2) is 6.06. The highest BCUT2D eigenvalue weighted by Crippen LogP contribution is 2.36. The molecule has 2 N–H and O–H groups in total. The number of pyridine rings is 1. The molecular formula is C16H14ClN3O2S. The third-order valence-corrected chi connectivity index (χ3v) is 4.67. The summed E-state index contributed by atoms with van der Waals surface area (Å²) in [4.78, 5) is 9.37. The molecule has 0 fully saturated rings. The molecule has 0 radical (unpaired) electrons. The average Bonchev–Trinajstić information content (AvgIpc) is 2.89. The van der Waals surface area contributed by atoms with Gasteiger partial charge >= 0.3 is 0 Å². The molecule has 3 rings (SSSR count). The summed E-state index contributed by atoms with van der Waals surface area (Å²) >= 11 is 7.26. The van der Waals surface area contributed by atoms with Gasteiger partial charge in [-0.1, -0.05) is 11.6 Å². The Kier molecular flexibility index (Phi) is 4.11. The molecule has 0 amide bonds. The van der Waals surface area contributed by atoms with Crippen molar-refractivity contribution < 1.29 is 10.2 Å². The molecule has 7 heteroatoms.